The van der Waals surface area contributed by atoms with Crippen molar-refractivity contribution >= 4 is 21.8 Å². The van der Waals surface area contributed by atoms with Gasteiger partial charge in [0.15, 0.2) is 0 Å². The monoisotopic (exact) mass is 420 g/mol. The molecular weight excluding hydrogens is 396 g/mol. The van der Waals surface area contributed by atoms with Crippen LogP contribution in [0.5, 0.6) is 0 Å². The van der Waals surface area contributed by atoms with E-state index in [9.17, 15) is 18.8 Å². The minimum Gasteiger partial charge on any atom is -0.394 e. The molecule has 1 fully saturated rings. The molecule has 1 saturated heterocycles. The SMILES string of the molecule is C[C@@H](CO)Nc1nc(NC2CCN(S(=O)(=O)c3cnn(C)c3)CC2)ncc1C#N. The number of nitriles is 1. The third-order valence-corrected chi connectivity index (χ3v) is 6.52. The highest BCUT2D eigenvalue weighted by molar-refractivity contribution is 7.89. The average Bonchev–Trinajstić information content (AvgIpc) is 3.16. The summed E-state index contributed by atoms with van der Waals surface area (Å²) in [6.07, 6.45) is 5.46. The van der Waals surface area contributed by atoms with Gasteiger partial charge in [-0.15, -0.1) is 0 Å². The fraction of sp³-hybridized carbons (Fsp3) is 0.529. The standard InChI is InChI=1S/C17H24N8O3S/c1-12(11-26)21-16-13(7-18)8-19-17(23-16)22-14-3-5-25(6-4-14)29(27,28)15-9-20-24(2)10-15/h8-10,12,14,26H,3-6,11H2,1-2H3,(H2,19,21,22,23)/t12-/m0/s1. The van der Waals surface area contributed by atoms with Crippen LogP contribution in [0.2, 0.25) is 0 Å². The summed E-state index contributed by atoms with van der Waals surface area (Å²) in [5.41, 5.74) is 0.285. The van der Waals surface area contributed by atoms with Gasteiger partial charge in [0, 0.05) is 38.4 Å². The quantitative estimate of drug-likeness (QED) is 0.568. The zero-order valence-corrected chi connectivity index (χ0v) is 17.1. The molecule has 11 nitrogen and oxygen atoms in total. The number of aryl methyl sites for hydroxylation is 1. The van der Waals surface area contributed by atoms with Crippen LogP contribution in [-0.2, 0) is 17.1 Å². The molecule has 1 aliphatic heterocycles. The lowest BCUT2D eigenvalue weighted by Gasteiger charge is -2.31. The number of nitrogens with one attached hydrogen (secondary N) is 2. The van der Waals surface area contributed by atoms with E-state index in [2.05, 4.69) is 25.7 Å². The number of hydrogen-bond acceptors (Lipinski definition) is 9. The van der Waals surface area contributed by atoms with Crippen molar-refractivity contribution in [3.05, 3.63) is 24.2 Å². The van der Waals surface area contributed by atoms with Gasteiger partial charge in [-0.3, -0.25) is 4.68 Å². The van der Waals surface area contributed by atoms with E-state index in [0.29, 0.717) is 37.7 Å². The summed E-state index contributed by atoms with van der Waals surface area (Å²) >= 11 is 0. The van der Waals surface area contributed by atoms with E-state index in [4.69, 9.17) is 0 Å². The molecule has 0 amide bonds. The zero-order valence-electron chi connectivity index (χ0n) is 16.3. The number of hydrogen-bond donors (Lipinski definition) is 3. The van der Waals surface area contributed by atoms with Gasteiger partial charge in [0.2, 0.25) is 16.0 Å². The maximum absolute atomic E-state index is 12.7. The Labute approximate surface area is 169 Å². The van der Waals surface area contributed by atoms with Crippen molar-refractivity contribution in [1.82, 2.24) is 24.1 Å². The van der Waals surface area contributed by atoms with Gasteiger partial charge in [-0.05, 0) is 19.8 Å². The van der Waals surface area contributed by atoms with E-state index < -0.39 is 10.0 Å². The molecule has 1 aliphatic rings. The molecule has 3 N–H and O–H groups in total. The number of aliphatic hydroxyl groups excluding tert-OH is 1. The lowest BCUT2D eigenvalue weighted by Crippen LogP contribution is -2.42. The predicted octanol–water partition coefficient (Wildman–Crippen LogP) is 0.140. The van der Waals surface area contributed by atoms with Crippen LogP contribution >= 0.6 is 0 Å². The van der Waals surface area contributed by atoms with Crippen LogP contribution in [0, 0.1) is 11.3 Å². The molecule has 3 heterocycles. The van der Waals surface area contributed by atoms with Crippen molar-refractivity contribution < 1.29 is 13.5 Å². The molecule has 0 saturated carbocycles. The molecule has 0 bridgehead atoms. The minimum absolute atomic E-state index is 0.00593. The maximum atomic E-state index is 12.7. The lowest BCUT2D eigenvalue weighted by atomic mass is 10.1. The summed E-state index contributed by atoms with van der Waals surface area (Å²) < 4.78 is 28.3. The van der Waals surface area contributed by atoms with Gasteiger partial charge < -0.3 is 15.7 Å². The normalized spacial score (nSPS) is 16.9. The smallest absolute Gasteiger partial charge is 0.246 e. The highest BCUT2D eigenvalue weighted by Crippen LogP contribution is 2.22. The first-order chi connectivity index (χ1) is 13.8. The zero-order chi connectivity index (χ0) is 21.0. The Morgan fingerprint density at radius 1 is 1.38 bits per heavy atom. The fourth-order valence-corrected chi connectivity index (χ4v) is 4.48. The first kappa shape index (κ1) is 21.0. The predicted molar refractivity (Wildman–Crippen MR) is 106 cm³/mol. The average molecular weight is 420 g/mol. The van der Waals surface area contributed by atoms with E-state index in [1.165, 1.54) is 27.6 Å². The second-order valence-electron chi connectivity index (χ2n) is 6.97. The second kappa shape index (κ2) is 8.73. The summed E-state index contributed by atoms with van der Waals surface area (Å²) in [4.78, 5) is 8.69. The third kappa shape index (κ3) is 4.81. The molecule has 0 aliphatic carbocycles. The van der Waals surface area contributed by atoms with Crippen LogP contribution in [0.15, 0.2) is 23.5 Å². The maximum Gasteiger partial charge on any atom is 0.246 e. The van der Waals surface area contributed by atoms with Crippen molar-refractivity contribution in [3.63, 3.8) is 0 Å². The number of anilines is 2. The summed E-state index contributed by atoms with van der Waals surface area (Å²) in [7, 11) is -1.87. The Morgan fingerprint density at radius 3 is 2.69 bits per heavy atom. The number of aliphatic hydroxyl groups is 1. The van der Waals surface area contributed by atoms with Crippen LogP contribution in [0.3, 0.4) is 0 Å². The van der Waals surface area contributed by atoms with E-state index in [0.717, 1.165) is 0 Å². The van der Waals surface area contributed by atoms with E-state index in [1.54, 1.807) is 14.0 Å². The number of rotatable bonds is 7. The minimum atomic E-state index is -3.55. The Hall–Kier alpha value is -2.75. The summed E-state index contributed by atoms with van der Waals surface area (Å²) in [6.45, 7) is 2.42. The molecular formula is C17H24N8O3S. The van der Waals surface area contributed by atoms with Crippen LogP contribution in [0.4, 0.5) is 11.8 Å². The van der Waals surface area contributed by atoms with Crippen molar-refractivity contribution in [2.24, 2.45) is 7.05 Å². The summed E-state index contributed by atoms with van der Waals surface area (Å²) in [5.74, 6) is 0.702. The van der Waals surface area contributed by atoms with E-state index in [-0.39, 0.29) is 29.1 Å². The fourth-order valence-electron chi connectivity index (χ4n) is 3.03. The van der Waals surface area contributed by atoms with Crippen LogP contribution in [0.1, 0.15) is 25.3 Å². The van der Waals surface area contributed by atoms with Crippen LogP contribution in [-0.4, -0.2) is 69.4 Å². The van der Waals surface area contributed by atoms with Crippen LogP contribution in [0.25, 0.3) is 0 Å². The van der Waals surface area contributed by atoms with Gasteiger partial charge >= 0.3 is 0 Å². The molecule has 156 valence electrons. The van der Waals surface area contributed by atoms with E-state index in [1.807, 2.05) is 6.07 Å². The number of aromatic nitrogens is 4. The molecule has 12 heteroatoms. The molecule has 0 spiro atoms. The third-order valence-electron chi connectivity index (χ3n) is 4.67. The summed E-state index contributed by atoms with van der Waals surface area (Å²) in [6, 6.07) is 1.77. The van der Waals surface area contributed by atoms with E-state index >= 15 is 0 Å². The Bertz CT molecular complexity index is 992. The molecule has 2 aromatic rings. The van der Waals surface area contributed by atoms with Gasteiger partial charge in [0.1, 0.15) is 22.3 Å². The van der Waals surface area contributed by atoms with Crippen LogP contribution < -0.4 is 10.6 Å². The molecule has 29 heavy (non-hydrogen) atoms. The molecule has 1 atom stereocenters. The molecule has 0 aromatic carbocycles. The van der Waals surface area contributed by atoms with Crippen molar-refractivity contribution in [1.29, 1.82) is 5.26 Å². The molecule has 3 rings (SSSR count). The topological polar surface area (TPSA) is 149 Å². The van der Waals surface area contributed by atoms with Crippen molar-refractivity contribution in [2.75, 3.05) is 30.3 Å². The number of nitrogens with zero attached hydrogens (tertiary/aromatic N) is 6. The molecule has 2 aromatic heterocycles. The van der Waals surface area contributed by atoms with Gasteiger partial charge in [0.25, 0.3) is 0 Å². The number of piperidine rings is 1. The lowest BCUT2D eigenvalue weighted by molar-refractivity contribution is 0.281. The van der Waals surface area contributed by atoms with Crippen molar-refractivity contribution in [2.45, 2.75) is 36.7 Å². The van der Waals surface area contributed by atoms with Crippen molar-refractivity contribution in [3.8, 4) is 6.07 Å². The van der Waals surface area contributed by atoms with Gasteiger partial charge in [-0.2, -0.15) is 19.6 Å². The highest BCUT2D eigenvalue weighted by Gasteiger charge is 2.30. The van der Waals surface area contributed by atoms with Gasteiger partial charge in [-0.1, -0.05) is 0 Å². The largest absolute Gasteiger partial charge is 0.394 e. The van der Waals surface area contributed by atoms with Gasteiger partial charge in [0.05, 0.1) is 19.0 Å². The van der Waals surface area contributed by atoms with Gasteiger partial charge in [-0.25, -0.2) is 13.4 Å². The highest BCUT2D eigenvalue weighted by atomic mass is 32.2. The first-order valence-corrected chi connectivity index (χ1v) is 10.7. The number of sulfonamides is 1. The Morgan fingerprint density at radius 2 is 2.10 bits per heavy atom. The second-order valence-corrected chi connectivity index (χ2v) is 8.91. The molecule has 0 unspecified atom stereocenters. The Kier molecular flexibility index (Phi) is 6.31. The first-order valence-electron chi connectivity index (χ1n) is 9.23. The molecule has 0 radical (unpaired) electrons. The Balaban J connectivity index is 1.63. The summed E-state index contributed by atoms with van der Waals surface area (Å²) in [5, 5.41) is 28.5.